The predicted molar refractivity (Wildman–Crippen MR) is 83.2 cm³/mol. The van der Waals surface area contributed by atoms with Crippen LogP contribution in [0.25, 0.3) is 0 Å². The zero-order chi connectivity index (χ0) is 17.4. The first-order valence-corrected chi connectivity index (χ1v) is 7.87. The van der Waals surface area contributed by atoms with E-state index in [9.17, 15) is 18.0 Å². The van der Waals surface area contributed by atoms with E-state index >= 15 is 0 Å². The zero-order valence-electron chi connectivity index (χ0n) is 13.9. The summed E-state index contributed by atoms with van der Waals surface area (Å²) < 4.78 is 37.3. The SMILES string of the molecule is CC(C)C1CC1.CC1(C)C(=O)N(CC(F)(F)F)c2ccncc21. The summed E-state index contributed by atoms with van der Waals surface area (Å²) in [6, 6.07) is 1.44. The van der Waals surface area contributed by atoms with Gasteiger partial charge in [0.25, 0.3) is 0 Å². The summed E-state index contributed by atoms with van der Waals surface area (Å²) in [6.07, 6.45) is 1.42. The van der Waals surface area contributed by atoms with Crippen molar-refractivity contribution in [1.82, 2.24) is 4.98 Å². The van der Waals surface area contributed by atoms with Gasteiger partial charge in [-0.2, -0.15) is 13.2 Å². The average Bonchev–Trinajstić information content (AvgIpc) is 3.26. The summed E-state index contributed by atoms with van der Waals surface area (Å²) in [5, 5.41) is 0. The number of carbonyl (C=O) groups is 1. The number of hydrogen-bond acceptors (Lipinski definition) is 2. The Hall–Kier alpha value is -1.59. The second kappa shape index (κ2) is 6.13. The highest BCUT2D eigenvalue weighted by Crippen LogP contribution is 2.41. The van der Waals surface area contributed by atoms with E-state index in [0.29, 0.717) is 11.3 Å². The van der Waals surface area contributed by atoms with Crippen LogP contribution in [0.2, 0.25) is 0 Å². The zero-order valence-corrected chi connectivity index (χ0v) is 13.9. The van der Waals surface area contributed by atoms with Gasteiger partial charge in [0.2, 0.25) is 5.91 Å². The number of pyridine rings is 1. The Morgan fingerprint density at radius 2 is 1.96 bits per heavy atom. The predicted octanol–water partition coefficient (Wildman–Crippen LogP) is 4.32. The fraction of sp³-hybridized carbons (Fsp3) is 0.647. The third kappa shape index (κ3) is 4.03. The first-order chi connectivity index (χ1) is 10.5. The maximum Gasteiger partial charge on any atom is 0.406 e. The van der Waals surface area contributed by atoms with E-state index in [1.165, 1.54) is 31.3 Å². The van der Waals surface area contributed by atoms with Crippen LogP contribution in [0.3, 0.4) is 0 Å². The molecular formula is C17H23F3N2O. The van der Waals surface area contributed by atoms with Gasteiger partial charge in [0, 0.05) is 18.0 Å². The van der Waals surface area contributed by atoms with E-state index in [1.807, 2.05) is 0 Å². The Balaban J connectivity index is 0.000000268. The lowest BCUT2D eigenvalue weighted by Gasteiger charge is -2.21. The molecule has 0 spiro atoms. The summed E-state index contributed by atoms with van der Waals surface area (Å²) in [5.74, 6) is 1.52. The number of aromatic nitrogens is 1. The molecule has 0 radical (unpaired) electrons. The molecule has 6 heteroatoms. The van der Waals surface area contributed by atoms with Crippen molar-refractivity contribution in [2.24, 2.45) is 11.8 Å². The van der Waals surface area contributed by atoms with Crippen LogP contribution in [0.1, 0.15) is 46.1 Å². The number of anilines is 1. The fourth-order valence-corrected chi connectivity index (χ4v) is 2.77. The van der Waals surface area contributed by atoms with Gasteiger partial charge in [-0.3, -0.25) is 9.78 Å². The number of hydrogen-bond donors (Lipinski definition) is 0. The molecule has 1 amide bonds. The quantitative estimate of drug-likeness (QED) is 0.810. The molecule has 3 nitrogen and oxygen atoms in total. The van der Waals surface area contributed by atoms with Crippen molar-refractivity contribution in [2.75, 3.05) is 11.4 Å². The minimum absolute atomic E-state index is 0.298. The van der Waals surface area contributed by atoms with Gasteiger partial charge in [-0.25, -0.2) is 0 Å². The maximum atomic E-state index is 12.4. The Labute approximate surface area is 134 Å². The number of halogens is 3. The largest absolute Gasteiger partial charge is 0.406 e. The van der Waals surface area contributed by atoms with E-state index < -0.39 is 24.0 Å². The van der Waals surface area contributed by atoms with Crippen molar-refractivity contribution in [3.8, 4) is 0 Å². The van der Waals surface area contributed by atoms with E-state index in [4.69, 9.17) is 0 Å². The third-order valence-electron chi connectivity index (χ3n) is 4.44. The fourth-order valence-electron chi connectivity index (χ4n) is 2.77. The van der Waals surface area contributed by atoms with Crippen LogP contribution in [-0.4, -0.2) is 23.6 Å². The van der Waals surface area contributed by atoms with Gasteiger partial charge in [0.05, 0.1) is 11.1 Å². The second-order valence-corrected chi connectivity index (χ2v) is 7.11. The standard InChI is InChI=1S/C11H11F3N2O.C6H12/c1-10(2)7-5-15-4-3-8(7)16(9(10)17)6-11(12,13)14;1-5(2)6-3-4-6/h3-5H,6H2,1-2H3;5-6H,3-4H2,1-2H3. The number of nitrogens with zero attached hydrogens (tertiary/aromatic N) is 2. The topological polar surface area (TPSA) is 33.2 Å². The van der Waals surface area contributed by atoms with Gasteiger partial charge in [-0.1, -0.05) is 13.8 Å². The smallest absolute Gasteiger partial charge is 0.302 e. The highest BCUT2D eigenvalue weighted by Gasteiger charge is 2.47. The van der Waals surface area contributed by atoms with Gasteiger partial charge in [-0.15, -0.1) is 0 Å². The van der Waals surface area contributed by atoms with Crippen molar-refractivity contribution >= 4 is 11.6 Å². The summed E-state index contributed by atoms with van der Waals surface area (Å²) in [7, 11) is 0. The Morgan fingerprint density at radius 3 is 2.39 bits per heavy atom. The number of amides is 1. The van der Waals surface area contributed by atoms with Crippen molar-refractivity contribution in [3.05, 3.63) is 24.0 Å². The molecule has 1 aromatic rings. The van der Waals surface area contributed by atoms with Crippen LogP contribution < -0.4 is 4.90 Å². The van der Waals surface area contributed by atoms with Crippen molar-refractivity contribution in [3.63, 3.8) is 0 Å². The molecule has 1 saturated carbocycles. The van der Waals surface area contributed by atoms with Crippen LogP contribution in [0.4, 0.5) is 18.9 Å². The summed E-state index contributed by atoms with van der Waals surface area (Å²) in [4.78, 5) is 16.6. The molecule has 0 atom stereocenters. The van der Waals surface area contributed by atoms with Gasteiger partial charge in [-0.05, 0) is 44.6 Å². The third-order valence-corrected chi connectivity index (χ3v) is 4.44. The van der Waals surface area contributed by atoms with E-state index in [2.05, 4.69) is 18.8 Å². The van der Waals surface area contributed by atoms with E-state index in [0.717, 1.165) is 16.7 Å². The van der Waals surface area contributed by atoms with Crippen molar-refractivity contribution < 1.29 is 18.0 Å². The second-order valence-electron chi connectivity index (χ2n) is 7.11. The lowest BCUT2D eigenvalue weighted by molar-refractivity contribution is -0.134. The number of alkyl halides is 3. The Bertz CT molecular complexity index is 577. The molecule has 0 bridgehead atoms. The average molecular weight is 328 g/mol. The molecule has 0 unspecified atom stereocenters. The highest BCUT2D eigenvalue weighted by atomic mass is 19.4. The number of fused-ring (bicyclic) bond motifs is 1. The minimum Gasteiger partial charge on any atom is -0.302 e. The molecule has 1 aliphatic heterocycles. The molecule has 0 N–H and O–H groups in total. The lowest BCUT2D eigenvalue weighted by atomic mass is 9.87. The maximum absolute atomic E-state index is 12.4. The van der Waals surface area contributed by atoms with Gasteiger partial charge >= 0.3 is 6.18 Å². The van der Waals surface area contributed by atoms with Crippen LogP contribution in [0.15, 0.2) is 18.5 Å². The molecule has 0 aromatic carbocycles. The first-order valence-electron chi connectivity index (χ1n) is 7.87. The van der Waals surface area contributed by atoms with Gasteiger partial charge < -0.3 is 4.90 Å². The van der Waals surface area contributed by atoms with Crippen LogP contribution >= 0.6 is 0 Å². The molecule has 3 rings (SSSR count). The first kappa shape index (κ1) is 17.8. The highest BCUT2D eigenvalue weighted by molar-refractivity contribution is 6.07. The summed E-state index contributed by atoms with van der Waals surface area (Å²) >= 11 is 0. The lowest BCUT2D eigenvalue weighted by Crippen LogP contribution is -2.41. The molecule has 0 saturated heterocycles. The summed E-state index contributed by atoms with van der Waals surface area (Å²) in [6.45, 7) is 6.56. The normalized spacial score (nSPS) is 19.5. The van der Waals surface area contributed by atoms with Crippen LogP contribution in [0.5, 0.6) is 0 Å². The van der Waals surface area contributed by atoms with E-state index in [-0.39, 0.29) is 0 Å². The van der Waals surface area contributed by atoms with Gasteiger partial charge in [0.15, 0.2) is 0 Å². The minimum atomic E-state index is -4.41. The van der Waals surface area contributed by atoms with Crippen LogP contribution in [0, 0.1) is 11.8 Å². The molecule has 2 aliphatic rings. The Kier molecular flexibility index (Phi) is 4.74. The molecule has 1 aromatic heterocycles. The van der Waals surface area contributed by atoms with Crippen LogP contribution in [-0.2, 0) is 10.2 Å². The molecule has 1 aliphatic carbocycles. The van der Waals surface area contributed by atoms with Crippen molar-refractivity contribution in [1.29, 1.82) is 0 Å². The molecular weight excluding hydrogens is 305 g/mol. The molecule has 2 heterocycles. The molecule has 23 heavy (non-hydrogen) atoms. The van der Waals surface area contributed by atoms with Crippen molar-refractivity contribution in [2.45, 2.75) is 52.1 Å². The van der Waals surface area contributed by atoms with E-state index in [1.54, 1.807) is 13.8 Å². The number of rotatable bonds is 2. The number of carbonyl (C=O) groups excluding carboxylic acids is 1. The monoisotopic (exact) mass is 328 g/mol. The molecule has 1 fully saturated rings. The Morgan fingerprint density at radius 1 is 1.35 bits per heavy atom. The molecule has 128 valence electrons. The summed E-state index contributed by atoms with van der Waals surface area (Å²) in [5.41, 5.74) is -0.115. The van der Waals surface area contributed by atoms with Gasteiger partial charge in [0.1, 0.15) is 6.54 Å².